The van der Waals surface area contributed by atoms with Gasteiger partial charge < -0.3 is 4.57 Å². The third-order valence-electron chi connectivity index (χ3n) is 5.77. The molecule has 0 saturated heterocycles. The molecule has 1 aromatic carbocycles. The Bertz CT molecular complexity index is 1570. The summed E-state index contributed by atoms with van der Waals surface area (Å²) in [6, 6.07) is 6.12. The van der Waals surface area contributed by atoms with Gasteiger partial charge in [0.05, 0.1) is 30.2 Å². The van der Waals surface area contributed by atoms with Gasteiger partial charge in [0.15, 0.2) is 5.65 Å². The maximum Gasteiger partial charge on any atom is 0.291 e. The first-order valence-corrected chi connectivity index (χ1v) is 10.8. The van der Waals surface area contributed by atoms with Gasteiger partial charge >= 0.3 is 0 Å². The van der Waals surface area contributed by atoms with E-state index in [1.807, 2.05) is 49.4 Å². The molecule has 0 N–H and O–H groups in total. The molecule has 0 atom stereocenters. The number of fused-ring (bicyclic) bond motifs is 4. The third-order valence-corrected chi connectivity index (χ3v) is 6.85. The Morgan fingerprint density at radius 1 is 1.16 bits per heavy atom. The number of benzene rings is 1. The van der Waals surface area contributed by atoms with Crippen molar-refractivity contribution in [2.24, 2.45) is 19.1 Å². The summed E-state index contributed by atoms with van der Waals surface area (Å²) in [5.41, 5.74) is 5.82. The van der Waals surface area contributed by atoms with Crippen LogP contribution < -0.4 is 5.56 Å². The maximum absolute atomic E-state index is 13.3. The highest BCUT2D eigenvalue weighted by Crippen LogP contribution is 2.31. The van der Waals surface area contributed by atoms with Crippen molar-refractivity contribution >= 4 is 38.8 Å². The summed E-state index contributed by atoms with van der Waals surface area (Å²) in [6.07, 6.45) is 8.26. The van der Waals surface area contributed by atoms with E-state index in [0.29, 0.717) is 18.6 Å². The van der Waals surface area contributed by atoms with Crippen LogP contribution in [-0.2, 0) is 33.6 Å². The van der Waals surface area contributed by atoms with Crippen LogP contribution in [0.5, 0.6) is 0 Å². The fourth-order valence-corrected chi connectivity index (χ4v) is 5.40. The van der Waals surface area contributed by atoms with Gasteiger partial charge in [0, 0.05) is 43.9 Å². The molecule has 6 rings (SSSR count). The Hall–Kier alpha value is -3.59. The average Bonchev–Trinajstić information content (AvgIpc) is 3.52. The van der Waals surface area contributed by atoms with Crippen LogP contribution in [0.2, 0.25) is 0 Å². The lowest BCUT2D eigenvalue weighted by Crippen LogP contribution is -2.25. The predicted octanol–water partition coefficient (Wildman–Crippen LogP) is 2.65. The molecule has 0 unspecified atom stereocenters. The van der Waals surface area contributed by atoms with E-state index >= 15 is 0 Å². The third kappa shape index (κ3) is 2.84. The van der Waals surface area contributed by atoms with Crippen LogP contribution >= 0.6 is 11.3 Å². The van der Waals surface area contributed by atoms with E-state index in [1.165, 1.54) is 10.2 Å². The van der Waals surface area contributed by atoms with Gasteiger partial charge in [-0.1, -0.05) is 18.2 Å². The molecule has 1 aliphatic rings. The zero-order valence-electron chi connectivity index (χ0n) is 17.1. The van der Waals surface area contributed by atoms with Crippen LogP contribution in [0.15, 0.2) is 46.6 Å². The second-order valence-corrected chi connectivity index (χ2v) is 8.93. The number of aromatic nitrogens is 6. The SMILES string of the molecule is Cn1cc(Cc2nc3c(s2)c2cnn(Cc4cccc5c4C=NC5)c(=O)c2n3C)cn1. The van der Waals surface area contributed by atoms with Crippen LogP contribution in [0.25, 0.3) is 21.3 Å². The Balaban J connectivity index is 1.42. The van der Waals surface area contributed by atoms with E-state index in [9.17, 15) is 4.79 Å². The molecule has 8 nitrogen and oxygen atoms in total. The molecule has 0 saturated carbocycles. The standard InChI is InChI=1S/C22H19N7OS/c1-27-11-13(7-24-27)6-18-26-21-20(31-18)17-10-25-29(22(30)19(17)28(21)2)12-15-5-3-4-14-8-23-9-16(14)15/h3-5,7,9-11H,6,8,12H2,1-2H3. The topological polar surface area (TPSA) is 82.9 Å². The van der Waals surface area contributed by atoms with Crippen molar-refractivity contribution in [3.63, 3.8) is 0 Å². The number of hydrogen-bond acceptors (Lipinski definition) is 6. The quantitative estimate of drug-likeness (QED) is 0.440. The van der Waals surface area contributed by atoms with E-state index in [4.69, 9.17) is 4.98 Å². The second kappa shape index (κ2) is 6.71. The van der Waals surface area contributed by atoms with Gasteiger partial charge in [0.1, 0.15) is 10.5 Å². The number of aliphatic imine (C=N–C) groups is 1. The van der Waals surface area contributed by atoms with Crippen molar-refractivity contribution in [2.75, 3.05) is 0 Å². The maximum atomic E-state index is 13.3. The fraction of sp³-hybridized carbons (Fsp3) is 0.227. The summed E-state index contributed by atoms with van der Waals surface area (Å²) >= 11 is 1.61. The van der Waals surface area contributed by atoms with Crippen molar-refractivity contribution < 1.29 is 0 Å². The Labute approximate surface area is 181 Å². The van der Waals surface area contributed by atoms with Crippen molar-refractivity contribution in [1.29, 1.82) is 0 Å². The predicted molar refractivity (Wildman–Crippen MR) is 121 cm³/mol. The number of nitrogens with zero attached hydrogens (tertiary/aromatic N) is 7. The molecule has 0 bridgehead atoms. The summed E-state index contributed by atoms with van der Waals surface area (Å²) in [5, 5.41) is 10.6. The summed E-state index contributed by atoms with van der Waals surface area (Å²) < 4.78 is 6.22. The van der Waals surface area contributed by atoms with Gasteiger partial charge in [-0.3, -0.25) is 14.5 Å². The highest BCUT2D eigenvalue weighted by Gasteiger charge is 2.19. The number of rotatable bonds is 4. The van der Waals surface area contributed by atoms with E-state index in [1.54, 1.807) is 22.2 Å². The molecular weight excluding hydrogens is 410 g/mol. The van der Waals surface area contributed by atoms with Gasteiger partial charge in [0.25, 0.3) is 5.56 Å². The molecule has 0 aliphatic carbocycles. The molecule has 5 aromatic rings. The van der Waals surface area contributed by atoms with Gasteiger partial charge in [-0.15, -0.1) is 11.3 Å². The monoisotopic (exact) mass is 429 g/mol. The zero-order valence-corrected chi connectivity index (χ0v) is 17.9. The van der Waals surface area contributed by atoms with Gasteiger partial charge in [-0.05, 0) is 16.7 Å². The minimum atomic E-state index is -0.105. The second-order valence-electron chi connectivity index (χ2n) is 7.85. The van der Waals surface area contributed by atoms with Crippen LogP contribution in [0, 0.1) is 0 Å². The van der Waals surface area contributed by atoms with Crippen LogP contribution in [0.3, 0.4) is 0 Å². The average molecular weight is 430 g/mol. The van der Waals surface area contributed by atoms with Gasteiger partial charge in [-0.2, -0.15) is 10.2 Å². The summed E-state index contributed by atoms with van der Waals surface area (Å²) in [5.74, 6) is 0. The molecule has 0 amide bonds. The van der Waals surface area contributed by atoms with Crippen LogP contribution in [-0.4, -0.2) is 35.3 Å². The molecule has 0 spiro atoms. The first-order chi connectivity index (χ1) is 15.1. The Morgan fingerprint density at radius 3 is 2.90 bits per heavy atom. The zero-order chi connectivity index (χ0) is 21.1. The van der Waals surface area contributed by atoms with E-state index in [2.05, 4.69) is 21.3 Å². The largest absolute Gasteiger partial charge is 0.323 e. The number of aryl methyl sites for hydroxylation is 2. The first kappa shape index (κ1) is 18.2. The molecule has 154 valence electrons. The normalized spacial score (nSPS) is 13.0. The lowest BCUT2D eigenvalue weighted by molar-refractivity contribution is 0.643. The van der Waals surface area contributed by atoms with E-state index in [0.717, 1.165) is 43.9 Å². The first-order valence-electron chi connectivity index (χ1n) is 10.0. The molecule has 9 heteroatoms. The Kier molecular flexibility index (Phi) is 3.94. The summed E-state index contributed by atoms with van der Waals surface area (Å²) in [6.45, 7) is 1.12. The summed E-state index contributed by atoms with van der Waals surface area (Å²) in [4.78, 5) is 22.5. The molecule has 4 aromatic heterocycles. The smallest absolute Gasteiger partial charge is 0.291 e. The highest BCUT2D eigenvalue weighted by molar-refractivity contribution is 7.19. The molecule has 0 radical (unpaired) electrons. The van der Waals surface area contributed by atoms with Crippen LogP contribution in [0.4, 0.5) is 0 Å². The fourth-order valence-electron chi connectivity index (χ4n) is 4.26. The summed E-state index contributed by atoms with van der Waals surface area (Å²) in [7, 11) is 3.80. The van der Waals surface area contributed by atoms with Crippen LogP contribution in [0.1, 0.15) is 27.3 Å². The molecule has 31 heavy (non-hydrogen) atoms. The number of thiazole rings is 1. The Morgan fingerprint density at radius 2 is 2.06 bits per heavy atom. The minimum Gasteiger partial charge on any atom is -0.323 e. The lowest BCUT2D eigenvalue weighted by Gasteiger charge is -2.09. The molecular formula is C22H19N7OS. The molecule has 5 heterocycles. The highest BCUT2D eigenvalue weighted by atomic mass is 32.1. The van der Waals surface area contributed by atoms with Gasteiger partial charge in [-0.25, -0.2) is 9.67 Å². The van der Waals surface area contributed by atoms with Crippen molar-refractivity contribution in [2.45, 2.75) is 19.5 Å². The molecule has 0 fully saturated rings. The van der Waals surface area contributed by atoms with E-state index in [-0.39, 0.29) is 5.56 Å². The van der Waals surface area contributed by atoms with Crippen molar-refractivity contribution in [3.05, 3.63) is 74.4 Å². The molecule has 1 aliphatic heterocycles. The minimum absolute atomic E-state index is 0.105. The van der Waals surface area contributed by atoms with E-state index < -0.39 is 0 Å². The van der Waals surface area contributed by atoms with Crippen molar-refractivity contribution in [3.8, 4) is 0 Å². The number of hydrogen-bond donors (Lipinski definition) is 0. The lowest BCUT2D eigenvalue weighted by atomic mass is 10.0. The van der Waals surface area contributed by atoms with Gasteiger partial charge in [0.2, 0.25) is 0 Å². The van der Waals surface area contributed by atoms with Crippen molar-refractivity contribution in [1.82, 2.24) is 29.1 Å².